The average molecular weight is 753 g/mol. The van der Waals surface area contributed by atoms with Crippen molar-refractivity contribution in [3.63, 3.8) is 0 Å². The molecule has 2 saturated heterocycles. The first kappa shape index (κ1) is 43.9. The minimum Gasteiger partial charge on any atom is -0.462 e. The molecule has 18 nitrogen and oxygen atoms in total. The van der Waals surface area contributed by atoms with Crippen LogP contribution in [-0.4, -0.2) is 244 Å². The third-order valence-corrected chi connectivity index (χ3v) is 9.56. The van der Waals surface area contributed by atoms with Crippen molar-refractivity contribution in [2.24, 2.45) is 0 Å². The summed E-state index contributed by atoms with van der Waals surface area (Å²) in [6.07, 6.45) is -7.09. The van der Waals surface area contributed by atoms with Gasteiger partial charge in [0.25, 0.3) is 0 Å². The van der Waals surface area contributed by atoms with E-state index in [0.717, 1.165) is 0 Å². The van der Waals surface area contributed by atoms with E-state index in [9.17, 15) is 39.6 Å². The van der Waals surface area contributed by atoms with Gasteiger partial charge in [0.1, 0.15) is 30.2 Å². The van der Waals surface area contributed by atoms with Crippen molar-refractivity contribution < 1.29 is 49.1 Å². The van der Waals surface area contributed by atoms with Crippen molar-refractivity contribution in [3.8, 4) is 5.75 Å². The molecular weight excluding hydrogens is 692 g/mol. The van der Waals surface area contributed by atoms with Crippen LogP contribution in [0.25, 0.3) is 0 Å². The maximum absolute atomic E-state index is 13.7. The number of amides is 4. The van der Waals surface area contributed by atoms with Crippen LogP contribution in [0.2, 0.25) is 0 Å². The standard InChI is InChI=1S/C35H60N8O10/c1-36(2)28(45)20-40-12-14-41(21-29(46)37(3)4)16-18-43(19-17-42(15-13-40)22-30(47)38(5)6)23-31(48)39(7)25-8-10-26(11-9-25)52-35-34(51)33(50)32(49)27(24-44)53-35/h8-11,27,32-35,44,49-51H,12-24H2,1-7H3/t27-,32+,33+,34-,35-/m1/s1. The van der Waals surface area contributed by atoms with Crippen LogP contribution < -0.4 is 9.64 Å². The monoisotopic (exact) mass is 752 g/mol. The molecule has 300 valence electrons. The van der Waals surface area contributed by atoms with Gasteiger partial charge in [-0.05, 0) is 24.3 Å². The molecule has 53 heavy (non-hydrogen) atoms. The Labute approximate surface area is 312 Å². The van der Waals surface area contributed by atoms with Gasteiger partial charge in [0, 0.05) is 107 Å². The Morgan fingerprint density at radius 2 is 0.962 bits per heavy atom. The van der Waals surface area contributed by atoms with Gasteiger partial charge in [-0.3, -0.25) is 38.8 Å². The quantitative estimate of drug-likeness (QED) is 0.163. The van der Waals surface area contributed by atoms with Crippen molar-refractivity contribution in [3.05, 3.63) is 24.3 Å². The summed E-state index contributed by atoms with van der Waals surface area (Å²) in [6.45, 7) is 4.11. The van der Waals surface area contributed by atoms with Gasteiger partial charge in [-0.1, -0.05) is 0 Å². The topological polar surface area (TPSA) is 194 Å². The second-order valence-electron chi connectivity index (χ2n) is 14.2. The van der Waals surface area contributed by atoms with Gasteiger partial charge in [0.2, 0.25) is 29.9 Å². The van der Waals surface area contributed by atoms with Crippen molar-refractivity contribution in [1.82, 2.24) is 34.3 Å². The van der Waals surface area contributed by atoms with E-state index in [0.29, 0.717) is 58.0 Å². The van der Waals surface area contributed by atoms with E-state index in [4.69, 9.17) is 9.47 Å². The van der Waals surface area contributed by atoms with Gasteiger partial charge in [-0.15, -0.1) is 0 Å². The molecule has 0 saturated carbocycles. The lowest BCUT2D eigenvalue weighted by Gasteiger charge is -2.39. The summed E-state index contributed by atoms with van der Waals surface area (Å²) >= 11 is 0. The molecule has 0 unspecified atom stereocenters. The van der Waals surface area contributed by atoms with Crippen LogP contribution in [-0.2, 0) is 23.9 Å². The van der Waals surface area contributed by atoms with E-state index in [1.807, 2.05) is 14.7 Å². The van der Waals surface area contributed by atoms with E-state index >= 15 is 0 Å². The Balaban J connectivity index is 1.75. The fourth-order valence-electron chi connectivity index (χ4n) is 5.70. The van der Waals surface area contributed by atoms with E-state index in [1.54, 1.807) is 88.3 Å². The molecule has 4 N–H and O–H groups in total. The van der Waals surface area contributed by atoms with E-state index in [2.05, 4.69) is 4.90 Å². The lowest BCUT2D eigenvalue weighted by Crippen LogP contribution is -2.60. The summed E-state index contributed by atoms with van der Waals surface area (Å²) in [7, 11) is 11.9. The minimum atomic E-state index is -1.57. The lowest BCUT2D eigenvalue weighted by atomic mass is 9.99. The van der Waals surface area contributed by atoms with Crippen molar-refractivity contribution >= 4 is 29.3 Å². The molecule has 3 rings (SSSR count). The molecule has 0 radical (unpaired) electrons. The number of anilines is 1. The number of ether oxygens (including phenoxy) is 2. The summed E-state index contributed by atoms with van der Waals surface area (Å²) in [5, 5.41) is 39.9. The Bertz CT molecular complexity index is 1300. The van der Waals surface area contributed by atoms with Crippen LogP contribution in [0.3, 0.4) is 0 Å². The Hall–Kier alpha value is -3.46. The highest BCUT2D eigenvalue weighted by molar-refractivity contribution is 5.94. The molecule has 18 heteroatoms. The number of hydrogen-bond acceptors (Lipinski definition) is 14. The minimum absolute atomic E-state index is 0.0336. The van der Waals surface area contributed by atoms with Gasteiger partial charge in [-0.25, -0.2) is 0 Å². The SMILES string of the molecule is CN(C)C(=O)CN1CCN(CC(=O)N(C)C)CCN(CC(=O)N(C)c2ccc(O[C@@H]3O[C@H](CO)[C@H](O)[C@H](O)[C@H]3O)cc2)CCN(CC(=O)N(C)C)CC1. The summed E-state index contributed by atoms with van der Waals surface area (Å²) in [4.78, 5) is 66.2. The summed E-state index contributed by atoms with van der Waals surface area (Å²) in [5.74, 6) is -0.0644. The smallest absolute Gasteiger partial charge is 0.240 e. The van der Waals surface area contributed by atoms with E-state index < -0.39 is 37.3 Å². The molecule has 1 aromatic carbocycles. The molecule has 2 fully saturated rings. The van der Waals surface area contributed by atoms with Gasteiger partial charge < -0.3 is 49.5 Å². The number of rotatable bonds is 12. The normalized spacial score (nSPS) is 24.4. The summed E-state index contributed by atoms with van der Waals surface area (Å²) in [5.41, 5.74) is 0.564. The van der Waals surface area contributed by atoms with Crippen LogP contribution in [0.1, 0.15) is 0 Å². The molecule has 4 amide bonds. The largest absolute Gasteiger partial charge is 0.462 e. The predicted molar refractivity (Wildman–Crippen MR) is 196 cm³/mol. The number of aliphatic hydroxyl groups is 4. The third-order valence-electron chi connectivity index (χ3n) is 9.56. The highest BCUT2D eigenvalue weighted by Crippen LogP contribution is 2.26. The molecule has 0 aromatic heterocycles. The molecule has 1 aromatic rings. The summed E-state index contributed by atoms with van der Waals surface area (Å²) in [6, 6.07) is 6.46. The van der Waals surface area contributed by atoms with Gasteiger partial charge >= 0.3 is 0 Å². The Kier molecular flexibility index (Phi) is 17.3. The first-order valence-electron chi connectivity index (χ1n) is 17.8. The average Bonchev–Trinajstić information content (AvgIpc) is 3.12. The van der Waals surface area contributed by atoms with Crippen LogP contribution in [0.15, 0.2) is 24.3 Å². The number of likely N-dealkylation sites (N-methyl/N-ethyl adjacent to an activating group) is 4. The molecular formula is C35H60N8O10. The molecule has 0 aliphatic carbocycles. The van der Waals surface area contributed by atoms with E-state index in [1.165, 1.54) is 4.90 Å². The predicted octanol–water partition coefficient (Wildman–Crippen LogP) is -3.69. The van der Waals surface area contributed by atoms with Crippen LogP contribution in [0, 0.1) is 0 Å². The fourth-order valence-corrected chi connectivity index (χ4v) is 5.70. The molecule has 0 spiro atoms. The number of aliphatic hydroxyl groups excluding tert-OH is 4. The number of carbonyl (C=O) groups excluding carboxylic acids is 4. The van der Waals surface area contributed by atoms with Crippen molar-refractivity contribution in [2.45, 2.75) is 30.7 Å². The van der Waals surface area contributed by atoms with Crippen LogP contribution in [0.5, 0.6) is 5.75 Å². The molecule has 5 atom stereocenters. The highest BCUT2D eigenvalue weighted by atomic mass is 16.7. The van der Waals surface area contributed by atoms with E-state index in [-0.39, 0.29) is 55.6 Å². The second kappa shape index (κ2) is 20.8. The fraction of sp³-hybridized carbons (Fsp3) is 0.714. The summed E-state index contributed by atoms with van der Waals surface area (Å²) < 4.78 is 11.1. The molecule has 2 aliphatic heterocycles. The van der Waals surface area contributed by atoms with Crippen LogP contribution in [0.4, 0.5) is 5.69 Å². The Morgan fingerprint density at radius 1 is 0.604 bits per heavy atom. The molecule has 0 bridgehead atoms. The highest BCUT2D eigenvalue weighted by Gasteiger charge is 2.44. The number of nitrogens with zero attached hydrogens (tertiary/aromatic N) is 8. The lowest BCUT2D eigenvalue weighted by molar-refractivity contribution is -0.277. The third kappa shape index (κ3) is 13.4. The maximum atomic E-state index is 13.7. The molecule has 2 aliphatic rings. The first-order valence-corrected chi connectivity index (χ1v) is 17.8. The van der Waals surface area contributed by atoms with Gasteiger partial charge in [0.15, 0.2) is 0 Å². The molecule has 2 heterocycles. The van der Waals surface area contributed by atoms with Gasteiger partial charge in [0.05, 0.1) is 32.8 Å². The second-order valence-corrected chi connectivity index (χ2v) is 14.2. The number of carbonyl (C=O) groups is 4. The van der Waals surface area contributed by atoms with Crippen molar-refractivity contribution in [1.29, 1.82) is 0 Å². The Morgan fingerprint density at radius 3 is 1.30 bits per heavy atom. The first-order chi connectivity index (χ1) is 25.0. The zero-order valence-corrected chi connectivity index (χ0v) is 32.2. The van der Waals surface area contributed by atoms with Gasteiger partial charge in [-0.2, -0.15) is 0 Å². The van der Waals surface area contributed by atoms with Crippen molar-refractivity contribution in [2.75, 3.05) is 139 Å². The number of hydrogen-bond donors (Lipinski definition) is 4. The zero-order chi connectivity index (χ0) is 39.4. The van der Waals surface area contributed by atoms with Crippen LogP contribution >= 0.6 is 0 Å². The zero-order valence-electron chi connectivity index (χ0n) is 32.2. The number of benzene rings is 1. The maximum Gasteiger partial charge on any atom is 0.240 e.